The first kappa shape index (κ1) is 18.0. The number of para-hydroxylation sites is 1. The molecule has 140 valence electrons. The summed E-state index contributed by atoms with van der Waals surface area (Å²) in [4.78, 5) is 47.3. The number of benzene rings is 1. The van der Waals surface area contributed by atoms with Crippen molar-refractivity contribution >= 4 is 11.8 Å². The lowest BCUT2D eigenvalue weighted by Crippen LogP contribution is -2.44. The third-order valence-corrected chi connectivity index (χ3v) is 3.80. The monoisotopic (exact) mass is 371 g/mol. The minimum absolute atomic E-state index is 0.00723. The van der Waals surface area contributed by atoms with Crippen LogP contribution in [-0.4, -0.2) is 32.2 Å². The van der Waals surface area contributed by atoms with E-state index >= 15 is 0 Å². The summed E-state index contributed by atoms with van der Waals surface area (Å²) in [6, 6.07) is 10.5. The summed E-state index contributed by atoms with van der Waals surface area (Å²) in [7, 11) is 0. The largest absolute Gasteiger partial charge is 0.443 e. The SMILES string of the molecule is CC(=O)N[C@@H](Cc1ccc(-n2[nH]c(=O)n(-c3ccccc3)c2=O)o1)C(N)=O. The zero-order valence-electron chi connectivity index (χ0n) is 14.3. The topological polar surface area (TPSA) is 145 Å². The number of nitrogens with two attached hydrogens (primary N) is 1. The van der Waals surface area contributed by atoms with Crippen molar-refractivity contribution in [3.05, 3.63) is 69.2 Å². The van der Waals surface area contributed by atoms with Gasteiger partial charge in [-0.15, -0.1) is 0 Å². The van der Waals surface area contributed by atoms with Crippen LogP contribution < -0.4 is 22.4 Å². The molecule has 0 unspecified atom stereocenters. The summed E-state index contributed by atoms with van der Waals surface area (Å²) in [5, 5.41) is 4.82. The zero-order valence-corrected chi connectivity index (χ0v) is 14.3. The van der Waals surface area contributed by atoms with E-state index < -0.39 is 29.2 Å². The van der Waals surface area contributed by atoms with Crippen molar-refractivity contribution in [1.82, 2.24) is 19.7 Å². The van der Waals surface area contributed by atoms with Crippen LogP contribution in [0.2, 0.25) is 0 Å². The third kappa shape index (κ3) is 3.73. The van der Waals surface area contributed by atoms with Gasteiger partial charge >= 0.3 is 11.4 Å². The Balaban J connectivity index is 1.91. The molecule has 4 N–H and O–H groups in total. The molecule has 0 bridgehead atoms. The first-order valence-corrected chi connectivity index (χ1v) is 8.02. The fourth-order valence-electron chi connectivity index (χ4n) is 2.60. The molecule has 1 aromatic carbocycles. The Morgan fingerprint density at radius 3 is 2.52 bits per heavy atom. The van der Waals surface area contributed by atoms with Crippen molar-refractivity contribution in [2.45, 2.75) is 19.4 Å². The summed E-state index contributed by atoms with van der Waals surface area (Å²) < 4.78 is 7.46. The average Bonchev–Trinajstić information content (AvgIpc) is 3.19. The molecule has 10 nitrogen and oxygen atoms in total. The van der Waals surface area contributed by atoms with Gasteiger partial charge in [0.2, 0.25) is 17.7 Å². The minimum atomic E-state index is -0.953. The molecule has 0 radical (unpaired) electrons. The van der Waals surface area contributed by atoms with Crippen molar-refractivity contribution in [3.63, 3.8) is 0 Å². The maximum Gasteiger partial charge on any atom is 0.359 e. The molecule has 2 aromatic heterocycles. The Morgan fingerprint density at radius 1 is 1.19 bits per heavy atom. The van der Waals surface area contributed by atoms with Gasteiger partial charge in [-0.25, -0.2) is 19.3 Å². The number of H-pyrrole nitrogens is 1. The number of aromatic amines is 1. The molecule has 2 heterocycles. The van der Waals surface area contributed by atoms with Gasteiger partial charge in [0.25, 0.3) is 0 Å². The molecule has 0 fully saturated rings. The number of primary amides is 1. The van der Waals surface area contributed by atoms with Crippen LogP contribution in [0, 0.1) is 0 Å². The first-order valence-electron chi connectivity index (χ1n) is 8.02. The highest BCUT2D eigenvalue weighted by Crippen LogP contribution is 2.12. The predicted molar refractivity (Wildman–Crippen MR) is 94.8 cm³/mol. The van der Waals surface area contributed by atoms with Crippen LogP contribution in [0.3, 0.4) is 0 Å². The number of nitrogens with one attached hydrogen (secondary N) is 2. The highest BCUT2D eigenvalue weighted by molar-refractivity contribution is 5.85. The van der Waals surface area contributed by atoms with E-state index in [1.807, 2.05) is 0 Å². The van der Waals surface area contributed by atoms with Crippen molar-refractivity contribution in [3.8, 4) is 11.6 Å². The molecule has 27 heavy (non-hydrogen) atoms. The molecule has 0 aliphatic carbocycles. The zero-order chi connectivity index (χ0) is 19.6. The maximum absolute atomic E-state index is 12.6. The van der Waals surface area contributed by atoms with Gasteiger partial charge in [0.05, 0.1) is 5.69 Å². The number of aromatic nitrogens is 3. The molecule has 0 aliphatic rings. The lowest BCUT2D eigenvalue weighted by Gasteiger charge is -2.12. The van der Waals surface area contributed by atoms with E-state index in [4.69, 9.17) is 10.2 Å². The summed E-state index contributed by atoms with van der Waals surface area (Å²) in [6.07, 6.45) is 0.00723. The van der Waals surface area contributed by atoms with Crippen molar-refractivity contribution in [2.24, 2.45) is 5.73 Å². The molecule has 10 heteroatoms. The fraction of sp³-hybridized carbons (Fsp3) is 0.176. The smallest absolute Gasteiger partial charge is 0.359 e. The van der Waals surface area contributed by atoms with E-state index in [2.05, 4.69) is 10.4 Å². The standard InChI is InChI=1S/C17H17N5O5/c1-10(23)19-13(15(18)24)9-12-7-8-14(27-12)22-17(26)21(16(25)20-22)11-5-3-2-4-6-11/h2-8,13H,9H2,1H3,(H2,18,24)(H,19,23)(H,20,25)/t13-/m0/s1. The van der Waals surface area contributed by atoms with Crippen LogP contribution in [0.4, 0.5) is 0 Å². The van der Waals surface area contributed by atoms with Gasteiger partial charge in [-0.3, -0.25) is 9.59 Å². The van der Waals surface area contributed by atoms with E-state index in [9.17, 15) is 19.2 Å². The second-order valence-corrected chi connectivity index (χ2v) is 5.81. The van der Waals surface area contributed by atoms with Crippen LogP contribution in [0.25, 0.3) is 11.6 Å². The van der Waals surface area contributed by atoms with Gasteiger partial charge in [-0.2, -0.15) is 4.68 Å². The summed E-state index contributed by atoms with van der Waals surface area (Å²) in [5.74, 6) is -0.759. The fourth-order valence-corrected chi connectivity index (χ4v) is 2.60. The molecule has 3 rings (SSSR count). The number of carbonyl (C=O) groups excluding carboxylic acids is 2. The number of hydrogen-bond donors (Lipinski definition) is 3. The Kier molecular flexibility index (Phi) is 4.79. The van der Waals surface area contributed by atoms with E-state index in [1.54, 1.807) is 30.3 Å². The van der Waals surface area contributed by atoms with Gasteiger partial charge in [0.1, 0.15) is 11.8 Å². The Labute approximate surface area is 152 Å². The molecule has 2 amide bonds. The summed E-state index contributed by atoms with van der Waals surface area (Å²) >= 11 is 0. The van der Waals surface area contributed by atoms with Crippen LogP contribution in [-0.2, 0) is 16.0 Å². The number of furan rings is 1. The number of hydrogen-bond acceptors (Lipinski definition) is 5. The van der Waals surface area contributed by atoms with Gasteiger partial charge in [-0.05, 0) is 18.2 Å². The molecule has 0 saturated heterocycles. The Hall–Kier alpha value is -3.82. The molecule has 0 spiro atoms. The van der Waals surface area contributed by atoms with Gasteiger partial charge in [0, 0.05) is 19.4 Å². The highest BCUT2D eigenvalue weighted by atomic mass is 16.4. The van der Waals surface area contributed by atoms with E-state index in [-0.39, 0.29) is 12.3 Å². The molecular weight excluding hydrogens is 354 g/mol. The van der Waals surface area contributed by atoms with Gasteiger partial charge in [-0.1, -0.05) is 18.2 Å². The number of carbonyl (C=O) groups is 2. The molecule has 0 saturated carbocycles. The maximum atomic E-state index is 12.6. The summed E-state index contributed by atoms with van der Waals surface area (Å²) in [5.41, 5.74) is 4.41. The predicted octanol–water partition coefficient (Wildman–Crippen LogP) is -0.558. The molecule has 3 aromatic rings. The molecule has 0 aliphatic heterocycles. The van der Waals surface area contributed by atoms with Crippen LogP contribution in [0.5, 0.6) is 0 Å². The highest BCUT2D eigenvalue weighted by Gasteiger charge is 2.20. The van der Waals surface area contributed by atoms with Crippen LogP contribution in [0.1, 0.15) is 12.7 Å². The van der Waals surface area contributed by atoms with Crippen LogP contribution in [0.15, 0.2) is 56.5 Å². The van der Waals surface area contributed by atoms with Crippen molar-refractivity contribution < 1.29 is 14.0 Å². The second-order valence-electron chi connectivity index (χ2n) is 5.81. The minimum Gasteiger partial charge on any atom is -0.443 e. The van der Waals surface area contributed by atoms with Gasteiger partial charge < -0.3 is 15.5 Å². The second kappa shape index (κ2) is 7.20. The first-order chi connectivity index (χ1) is 12.9. The van der Waals surface area contributed by atoms with E-state index in [0.29, 0.717) is 11.4 Å². The Morgan fingerprint density at radius 2 is 1.89 bits per heavy atom. The third-order valence-electron chi connectivity index (χ3n) is 3.80. The number of amides is 2. The summed E-state index contributed by atoms with van der Waals surface area (Å²) in [6.45, 7) is 1.26. The van der Waals surface area contributed by atoms with Gasteiger partial charge in [0.15, 0.2) is 0 Å². The number of nitrogens with zero attached hydrogens (tertiary/aromatic N) is 2. The number of rotatable bonds is 6. The lowest BCUT2D eigenvalue weighted by molar-refractivity contribution is -0.126. The quantitative estimate of drug-likeness (QED) is 0.532. The van der Waals surface area contributed by atoms with Crippen LogP contribution >= 0.6 is 0 Å². The van der Waals surface area contributed by atoms with E-state index in [1.165, 1.54) is 19.1 Å². The normalized spacial score (nSPS) is 11.9. The average molecular weight is 371 g/mol. The lowest BCUT2D eigenvalue weighted by atomic mass is 10.1. The Bertz CT molecular complexity index is 1090. The van der Waals surface area contributed by atoms with E-state index in [0.717, 1.165) is 9.25 Å². The van der Waals surface area contributed by atoms with Crippen molar-refractivity contribution in [2.75, 3.05) is 0 Å². The van der Waals surface area contributed by atoms with Crippen molar-refractivity contribution in [1.29, 1.82) is 0 Å². The molecule has 1 atom stereocenters. The molecular formula is C17H17N5O5.